The number of nitrogens with zero attached hydrogens (tertiary/aromatic N) is 2. The standard InChI is InChI=1S/C43H24N2O5S6/c46-41(48-21-23-11-3-1-4-12-23)43(42(47)49-22-24-13-5-2-6-14-24)39-37(55-31(44-39)19-29-33(51)25-15-7-8-16-26(25)34(29)52)38-40(50-43)45-32(56-38)20-30-35(53)27-17-9-10-18-28(27)36(30)54/h1-20H,21-22H2. The van der Waals surface area contributed by atoms with Crippen LogP contribution in [-0.2, 0) is 37.9 Å². The molecule has 3 aliphatic rings. The monoisotopic (exact) mass is 840 g/mol. The fourth-order valence-corrected chi connectivity index (χ4v) is 10.2. The number of thiocarbonyl (C=S) groups is 4. The van der Waals surface area contributed by atoms with Crippen LogP contribution in [-0.4, -0.2) is 41.4 Å². The third kappa shape index (κ3) is 6.20. The molecule has 2 aromatic heterocycles. The highest BCUT2D eigenvalue weighted by Crippen LogP contribution is 2.52. The predicted molar refractivity (Wildman–Crippen MR) is 234 cm³/mol. The molecule has 56 heavy (non-hydrogen) atoms. The lowest BCUT2D eigenvalue weighted by atomic mass is 9.95. The lowest BCUT2D eigenvalue weighted by molar-refractivity contribution is -0.184. The molecule has 0 saturated carbocycles. The molecule has 0 unspecified atom stereocenters. The second-order valence-electron chi connectivity index (χ2n) is 12.8. The molecule has 0 amide bonds. The van der Waals surface area contributed by atoms with Crippen LogP contribution < -0.4 is 4.74 Å². The molecule has 2 aliphatic carbocycles. The van der Waals surface area contributed by atoms with Crippen molar-refractivity contribution in [3.8, 4) is 15.6 Å². The fraction of sp³-hybridized carbons (Fsp3) is 0.0698. The van der Waals surface area contributed by atoms with Crippen molar-refractivity contribution in [3.63, 3.8) is 0 Å². The average Bonchev–Trinajstić information content (AvgIpc) is 3.97. The summed E-state index contributed by atoms with van der Waals surface area (Å²) in [5.41, 5.74) is 3.76. The van der Waals surface area contributed by atoms with Crippen molar-refractivity contribution in [2.24, 2.45) is 0 Å². The van der Waals surface area contributed by atoms with Gasteiger partial charge in [-0.2, -0.15) is 0 Å². The van der Waals surface area contributed by atoms with Gasteiger partial charge in [0.25, 0.3) is 0 Å². The maximum Gasteiger partial charge on any atom is 0.369 e. The van der Waals surface area contributed by atoms with Gasteiger partial charge in [-0.3, -0.25) is 0 Å². The van der Waals surface area contributed by atoms with E-state index in [1.54, 1.807) is 6.08 Å². The molecular formula is C43H24N2O5S6. The normalized spacial score (nSPS) is 14.7. The number of thiazole rings is 2. The van der Waals surface area contributed by atoms with Gasteiger partial charge in [0.1, 0.15) is 33.8 Å². The van der Waals surface area contributed by atoms with E-state index in [-0.39, 0.29) is 24.8 Å². The van der Waals surface area contributed by atoms with E-state index in [9.17, 15) is 9.59 Å². The van der Waals surface area contributed by atoms with Crippen molar-refractivity contribution in [1.29, 1.82) is 0 Å². The second-order valence-corrected chi connectivity index (χ2v) is 16.5. The van der Waals surface area contributed by atoms with Gasteiger partial charge in [0.05, 0.1) is 24.3 Å². The Morgan fingerprint density at radius 1 is 0.571 bits per heavy atom. The van der Waals surface area contributed by atoms with Gasteiger partial charge >= 0.3 is 17.5 Å². The van der Waals surface area contributed by atoms with Gasteiger partial charge in [-0.15, -0.1) is 22.7 Å². The first kappa shape index (κ1) is 36.4. The lowest BCUT2D eigenvalue weighted by Gasteiger charge is -2.31. The molecule has 0 N–H and O–H groups in total. The molecule has 7 nitrogen and oxygen atoms in total. The molecule has 4 aromatic carbocycles. The second kappa shape index (κ2) is 14.7. The minimum Gasteiger partial charge on any atom is -0.457 e. The zero-order valence-electron chi connectivity index (χ0n) is 28.8. The molecule has 272 valence electrons. The van der Waals surface area contributed by atoms with E-state index in [1.807, 2.05) is 115 Å². The summed E-state index contributed by atoms with van der Waals surface area (Å²) in [6.07, 6.45) is 3.61. The van der Waals surface area contributed by atoms with Crippen LogP contribution >= 0.6 is 71.5 Å². The van der Waals surface area contributed by atoms with E-state index in [0.717, 1.165) is 22.3 Å². The molecule has 0 atom stereocenters. The molecule has 0 radical (unpaired) electrons. The van der Waals surface area contributed by atoms with Crippen molar-refractivity contribution in [2.45, 2.75) is 18.8 Å². The molecular weight excluding hydrogens is 817 g/mol. The summed E-state index contributed by atoms with van der Waals surface area (Å²) >= 11 is 26.0. The molecule has 9 rings (SSSR count). The van der Waals surface area contributed by atoms with Crippen LogP contribution in [0, 0.1) is 0 Å². The molecule has 1 aliphatic heterocycles. The maximum absolute atomic E-state index is 14.6. The van der Waals surface area contributed by atoms with E-state index >= 15 is 0 Å². The summed E-state index contributed by atoms with van der Waals surface area (Å²) in [6, 6.07) is 33.7. The quantitative estimate of drug-likeness (QED) is 0.0636. The summed E-state index contributed by atoms with van der Waals surface area (Å²) in [7, 11) is 0. The Labute approximate surface area is 350 Å². The topological polar surface area (TPSA) is 87.6 Å². The van der Waals surface area contributed by atoms with E-state index in [1.165, 1.54) is 22.7 Å². The van der Waals surface area contributed by atoms with Crippen LogP contribution in [0.4, 0.5) is 0 Å². The van der Waals surface area contributed by atoms with Crippen LogP contribution in [0.15, 0.2) is 120 Å². The Hall–Kier alpha value is -5.28. The van der Waals surface area contributed by atoms with Crippen LogP contribution in [0.2, 0.25) is 0 Å². The summed E-state index contributed by atoms with van der Waals surface area (Å²) in [5.74, 6) is -1.97. The fourth-order valence-electron chi connectivity index (χ4n) is 6.64. The number of aromatic nitrogens is 2. The number of allylic oxidation sites excluding steroid dienone is 2. The van der Waals surface area contributed by atoms with Gasteiger partial charge in [0, 0.05) is 33.4 Å². The van der Waals surface area contributed by atoms with Gasteiger partial charge in [-0.25, -0.2) is 19.6 Å². The number of hydrogen-bond donors (Lipinski definition) is 0. The molecule has 0 bridgehead atoms. The number of fused-ring (bicyclic) bond motifs is 5. The first-order valence-electron chi connectivity index (χ1n) is 17.2. The Morgan fingerprint density at radius 2 is 0.964 bits per heavy atom. The third-order valence-electron chi connectivity index (χ3n) is 9.39. The Kier molecular flexibility index (Phi) is 9.52. The van der Waals surface area contributed by atoms with E-state index < -0.39 is 17.5 Å². The van der Waals surface area contributed by atoms with Crippen LogP contribution in [0.3, 0.4) is 0 Å². The van der Waals surface area contributed by atoms with E-state index in [0.29, 0.717) is 61.5 Å². The number of esters is 2. The van der Waals surface area contributed by atoms with Crippen LogP contribution in [0.5, 0.6) is 5.88 Å². The minimum absolute atomic E-state index is 0.0208. The molecule has 13 heteroatoms. The van der Waals surface area contributed by atoms with E-state index in [2.05, 4.69) is 0 Å². The Balaban J connectivity index is 1.18. The smallest absolute Gasteiger partial charge is 0.369 e. The van der Waals surface area contributed by atoms with Gasteiger partial charge < -0.3 is 14.2 Å². The number of ether oxygens (including phenoxy) is 3. The summed E-state index contributed by atoms with van der Waals surface area (Å²) in [6.45, 7) is -0.269. The van der Waals surface area contributed by atoms with Gasteiger partial charge in [0.2, 0.25) is 5.88 Å². The Morgan fingerprint density at radius 3 is 1.41 bits per heavy atom. The number of benzene rings is 4. The predicted octanol–water partition coefficient (Wildman–Crippen LogP) is 9.41. The first-order valence-corrected chi connectivity index (χ1v) is 20.4. The summed E-state index contributed by atoms with van der Waals surface area (Å²) < 4.78 is 18.3. The number of rotatable bonds is 8. The lowest BCUT2D eigenvalue weighted by Crippen LogP contribution is -2.52. The van der Waals surface area contributed by atoms with E-state index in [4.69, 9.17) is 73.1 Å². The average molecular weight is 841 g/mol. The van der Waals surface area contributed by atoms with Crippen molar-refractivity contribution in [1.82, 2.24) is 9.97 Å². The van der Waals surface area contributed by atoms with Gasteiger partial charge in [0.15, 0.2) is 0 Å². The minimum atomic E-state index is -2.48. The van der Waals surface area contributed by atoms with Gasteiger partial charge in [-0.1, -0.05) is 158 Å². The highest BCUT2D eigenvalue weighted by Gasteiger charge is 2.60. The Bertz CT molecular complexity index is 2620. The highest BCUT2D eigenvalue weighted by molar-refractivity contribution is 7.84. The largest absolute Gasteiger partial charge is 0.457 e. The molecule has 6 aromatic rings. The van der Waals surface area contributed by atoms with Crippen molar-refractivity contribution in [2.75, 3.05) is 0 Å². The molecule has 0 saturated heterocycles. The molecule has 0 fully saturated rings. The number of carbonyl (C=O) groups excluding carboxylic acids is 2. The highest BCUT2D eigenvalue weighted by atomic mass is 32.1. The van der Waals surface area contributed by atoms with Crippen LogP contribution in [0.1, 0.15) is 49.1 Å². The molecule has 3 heterocycles. The van der Waals surface area contributed by atoms with Gasteiger partial charge in [-0.05, 0) is 23.3 Å². The third-order valence-corrected chi connectivity index (χ3v) is 13.3. The number of carbonyl (C=O) groups is 2. The van der Waals surface area contributed by atoms with Crippen molar-refractivity contribution < 1.29 is 23.8 Å². The van der Waals surface area contributed by atoms with Crippen molar-refractivity contribution >= 4 is 115 Å². The zero-order chi connectivity index (χ0) is 38.6. The maximum atomic E-state index is 14.6. The first-order chi connectivity index (χ1) is 27.2. The van der Waals surface area contributed by atoms with Crippen LogP contribution in [0.25, 0.3) is 21.9 Å². The SMILES string of the molecule is O=C(OCc1ccccc1)C1(C(=O)OCc2ccccc2)Oc2nc(C=C3C(=S)c4ccccc4C3=S)sc2-c2sc(C=C3C(=S)c4ccccc4C3=S)nc21. The van der Waals surface area contributed by atoms with Crippen molar-refractivity contribution in [3.05, 3.63) is 169 Å². The zero-order valence-corrected chi connectivity index (χ0v) is 33.7. The summed E-state index contributed by atoms with van der Waals surface area (Å²) in [4.78, 5) is 42.4. The summed E-state index contributed by atoms with van der Waals surface area (Å²) in [5, 5.41) is 0.943. The number of hydrogen-bond acceptors (Lipinski definition) is 13. The molecule has 0 spiro atoms.